The van der Waals surface area contributed by atoms with Gasteiger partial charge in [-0.25, -0.2) is 9.97 Å². The molecule has 0 saturated carbocycles. The van der Waals surface area contributed by atoms with Gasteiger partial charge in [0.05, 0.1) is 0 Å². The van der Waals surface area contributed by atoms with Crippen LogP contribution in [0.2, 0.25) is 0 Å². The van der Waals surface area contributed by atoms with Crippen molar-refractivity contribution in [3.63, 3.8) is 0 Å². The minimum Gasteiger partial charge on any atom is -0.241 e. The molecule has 13 heavy (non-hydrogen) atoms. The number of rotatable bonds is 3. The van der Waals surface area contributed by atoms with Crippen molar-refractivity contribution >= 4 is 5.57 Å². The molecule has 0 spiro atoms. The molecule has 0 bridgehead atoms. The van der Waals surface area contributed by atoms with E-state index in [2.05, 4.69) is 23.1 Å². The number of aryl methyl sites for hydroxylation is 1. The molecule has 0 aromatic carbocycles. The standard InChI is InChI=1S/C11H12N2/c1-4-6-10(5-2)11-7-12-9(3)13-8-11/h4-8H,1-2H2,3H3/b10-6+. The van der Waals surface area contributed by atoms with Crippen LogP contribution < -0.4 is 0 Å². The fourth-order valence-corrected chi connectivity index (χ4v) is 0.951. The Morgan fingerprint density at radius 2 is 1.92 bits per heavy atom. The van der Waals surface area contributed by atoms with E-state index in [4.69, 9.17) is 0 Å². The van der Waals surface area contributed by atoms with Crippen molar-refractivity contribution in [3.05, 3.63) is 55.2 Å². The molecule has 0 aliphatic carbocycles. The third-order valence-corrected chi connectivity index (χ3v) is 1.63. The molecule has 0 aliphatic rings. The predicted octanol–water partition coefficient (Wildman–Crippen LogP) is 2.54. The summed E-state index contributed by atoms with van der Waals surface area (Å²) in [6.07, 6.45) is 8.91. The Labute approximate surface area is 78.4 Å². The summed E-state index contributed by atoms with van der Waals surface area (Å²) in [5.41, 5.74) is 1.94. The molecule has 0 amide bonds. The summed E-state index contributed by atoms with van der Waals surface area (Å²) in [4.78, 5) is 8.19. The van der Waals surface area contributed by atoms with Gasteiger partial charge in [0.1, 0.15) is 5.82 Å². The Kier molecular flexibility index (Phi) is 3.15. The molecule has 2 nitrogen and oxygen atoms in total. The zero-order valence-corrected chi connectivity index (χ0v) is 7.70. The van der Waals surface area contributed by atoms with Gasteiger partial charge in [0, 0.05) is 18.0 Å². The molecule has 1 heterocycles. The van der Waals surface area contributed by atoms with E-state index in [1.54, 1.807) is 24.5 Å². The lowest BCUT2D eigenvalue weighted by molar-refractivity contribution is 1.05. The summed E-state index contributed by atoms with van der Waals surface area (Å²) in [7, 11) is 0. The fraction of sp³-hybridized carbons (Fsp3) is 0.0909. The Morgan fingerprint density at radius 1 is 1.31 bits per heavy atom. The van der Waals surface area contributed by atoms with Crippen molar-refractivity contribution in [3.8, 4) is 0 Å². The summed E-state index contributed by atoms with van der Waals surface area (Å²) in [6, 6.07) is 0. The highest BCUT2D eigenvalue weighted by atomic mass is 14.8. The van der Waals surface area contributed by atoms with Gasteiger partial charge >= 0.3 is 0 Å². The minimum atomic E-state index is 0.769. The summed E-state index contributed by atoms with van der Waals surface area (Å²) in [6.45, 7) is 9.19. The summed E-state index contributed by atoms with van der Waals surface area (Å²) in [5.74, 6) is 0.769. The monoisotopic (exact) mass is 172 g/mol. The third-order valence-electron chi connectivity index (χ3n) is 1.63. The maximum absolute atomic E-state index is 4.10. The Balaban J connectivity index is 3.06. The van der Waals surface area contributed by atoms with Crippen molar-refractivity contribution in [2.75, 3.05) is 0 Å². The molecule has 0 atom stereocenters. The quantitative estimate of drug-likeness (QED) is 0.655. The van der Waals surface area contributed by atoms with Crippen molar-refractivity contribution in [2.45, 2.75) is 6.92 Å². The highest BCUT2D eigenvalue weighted by Crippen LogP contribution is 2.12. The molecule has 1 rings (SSSR count). The van der Waals surface area contributed by atoms with Crippen molar-refractivity contribution < 1.29 is 0 Å². The summed E-state index contributed by atoms with van der Waals surface area (Å²) < 4.78 is 0. The molecule has 1 aromatic heterocycles. The normalized spacial score (nSPS) is 11.0. The van der Waals surface area contributed by atoms with Crippen LogP contribution >= 0.6 is 0 Å². The SMILES string of the molecule is C=C/C=C(\C=C)c1cnc(C)nc1. The lowest BCUT2D eigenvalue weighted by atomic mass is 10.1. The fourth-order valence-electron chi connectivity index (χ4n) is 0.951. The van der Waals surface area contributed by atoms with Crippen LogP contribution in [0.5, 0.6) is 0 Å². The van der Waals surface area contributed by atoms with E-state index in [-0.39, 0.29) is 0 Å². The van der Waals surface area contributed by atoms with Gasteiger partial charge < -0.3 is 0 Å². The van der Waals surface area contributed by atoms with Crippen LogP contribution in [0.4, 0.5) is 0 Å². The van der Waals surface area contributed by atoms with Crippen molar-refractivity contribution in [1.82, 2.24) is 9.97 Å². The van der Waals surface area contributed by atoms with E-state index < -0.39 is 0 Å². The zero-order chi connectivity index (χ0) is 9.68. The van der Waals surface area contributed by atoms with E-state index >= 15 is 0 Å². The van der Waals surface area contributed by atoms with Crippen LogP contribution in [0, 0.1) is 6.92 Å². The largest absolute Gasteiger partial charge is 0.241 e. The molecule has 0 saturated heterocycles. The second-order valence-corrected chi connectivity index (χ2v) is 2.58. The van der Waals surface area contributed by atoms with Gasteiger partial charge in [-0.3, -0.25) is 0 Å². The molecule has 0 fully saturated rings. The van der Waals surface area contributed by atoms with E-state index in [9.17, 15) is 0 Å². The second-order valence-electron chi connectivity index (χ2n) is 2.58. The first-order valence-electron chi connectivity index (χ1n) is 4.02. The van der Waals surface area contributed by atoms with E-state index in [1.165, 1.54) is 0 Å². The Bertz CT molecular complexity index is 334. The van der Waals surface area contributed by atoms with Crippen LogP contribution in [0.15, 0.2) is 43.8 Å². The Hall–Kier alpha value is -1.70. The van der Waals surface area contributed by atoms with E-state index in [0.29, 0.717) is 0 Å². The van der Waals surface area contributed by atoms with Crippen LogP contribution in [-0.4, -0.2) is 9.97 Å². The number of nitrogens with zero attached hydrogens (tertiary/aromatic N) is 2. The third kappa shape index (κ3) is 2.37. The molecule has 2 heteroatoms. The summed E-state index contributed by atoms with van der Waals surface area (Å²) in [5, 5.41) is 0. The Morgan fingerprint density at radius 3 is 2.38 bits per heavy atom. The maximum atomic E-state index is 4.10. The van der Waals surface area contributed by atoms with Crippen LogP contribution in [0.3, 0.4) is 0 Å². The first-order valence-corrected chi connectivity index (χ1v) is 4.02. The average molecular weight is 172 g/mol. The number of aromatic nitrogens is 2. The molecule has 0 aliphatic heterocycles. The molecular formula is C11H12N2. The number of hydrogen-bond donors (Lipinski definition) is 0. The van der Waals surface area contributed by atoms with Gasteiger partial charge in [-0.05, 0) is 12.5 Å². The zero-order valence-electron chi connectivity index (χ0n) is 7.70. The van der Waals surface area contributed by atoms with Crippen molar-refractivity contribution in [2.24, 2.45) is 0 Å². The lowest BCUT2D eigenvalue weighted by Gasteiger charge is -1.99. The molecular weight excluding hydrogens is 160 g/mol. The lowest BCUT2D eigenvalue weighted by Crippen LogP contribution is -1.89. The maximum Gasteiger partial charge on any atom is 0.125 e. The molecule has 0 N–H and O–H groups in total. The van der Waals surface area contributed by atoms with Gasteiger partial charge in [-0.1, -0.05) is 31.4 Å². The molecule has 0 unspecified atom stereocenters. The second kappa shape index (κ2) is 4.36. The topological polar surface area (TPSA) is 25.8 Å². The van der Waals surface area contributed by atoms with E-state index in [1.807, 2.05) is 13.0 Å². The molecule has 66 valence electrons. The number of allylic oxidation sites excluding steroid dienone is 4. The highest BCUT2D eigenvalue weighted by Gasteiger charge is 1.96. The predicted molar refractivity (Wildman–Crippen MR) is 55.1 cm³/mol. The smallest absolute Gasteiger partial charge is 0.125 e. The average Bonchev–Trinajstić information content (AvgIpc) is 2.16. The minimum absolute atomic E-state index is 0.769. The van der Waals surface area contributed by atoms with Crippen molar-refractivity contribution in [1.29, 1.82) is 0 Å². The van der Waals surface area contributed by atoms with E-state index in [0.717, 1.165) is 17.0 Å². The first-order chi connectivity index (χ1) is 6.27. The van der Waals surface area contributed by atoms with Crippen LogP contribution in [0.25, 0.3) is 5.57 Å². The molecule has 1 aromatic rings. The van der Waals surface area contributed by atoms with Gasteiger partial charge in [-0.2, -0.15) is 0 Å². The van der Waals surface area contributed by atoms with Gasteiger partial charge in [0.2, 0.25) is 0 Å². The molecule has 0 radical (unpaired) electrons. The summed E-state index contributed by atoms with van der Waals surface area (Å²) >= 11 is 0. The first kappa shape index (κ1) is 9.39. The van der Waals surface area contributed by atoms with Gasteiger partial charge in [-0.15, -0.1) is 0 Å². The number of hydrogen-bond acceptors (Lipinski definition) is 2. The highest BCUT2D eigenvalue weighted by molar-refractivity contribution is 5.73. The van der Waals surface area contributed by atoms with Gasteiger partial charge in [0.25, 0.3) is 0 Å². The van der Waals surface area contributed by atoms with Crippen LogP contribution in [0.1, 0.15) is 11.4 Å². The van der Waals surface area contributed by atoms with Crippen LogP contribution in [-0.2, 0) is 0 Å². The van der Waals surface area contributed by atoms with Gasteiger partial charge in [0.15, 0.2) is 0 Å².